The lowest BCUT2D eigenvalue weighted by molar-refractivity contribution is 0.450. The number of aromatic nitrogens is 2. The SMILES string of the molecule is CCC(C)Cn1c(N)c(N)c(=O)n(C)c1=O. The van der Waals surface area contributed by atoms with Crippen molar-refractivity contribution in [3.63, 3.8) is 0 Å². The molecule has 0 aliphatic carbocycles. The van der Waals surface area contributed by atoms with Crippen LogP contribution >= 0.6 is 0 Å². The van der Waals surface area contributed by atoms with E-state index in [4.69, 9.17) is 11.5 Å². The van der Waals surface area contributed by atoms with Crippen LogP contribution in [0.15, 0.2) is 9.59 Å². The third kappa shape index (κ3) is 1.95. The van der Waals surface area contributed by atoms with Gasteiger partial charge in [0.05, 0.1) is 0 Å². The van der Waals surface area contributed by atoms with E-state index >= 15 is 0 Å². The summed E-state index contributed by atoms with van der Waals surface area (Å²) in [6.45, 7) is 4.50. The van der Waals surface area contributed by atoms with Crippen molar-refractivity contribution < 1.29 is 0 Å². The first-order valence-corrected chi connectivity index (χ1v) is 5.24. The molecule has 1 rings (SSSR count). The van der Waals surface area contributed by atoms with Crippen LogP contribution in [0.4, 0.5) is 11.5 Å². The first-order chi connectivity index (χ1) is 7.40. The molecule has 4 N–H and O–H groups in total. The van der Waals surface area contributed by atoms with Crippen LogP contribution in [-0.2, 0) is 13.6 Å². The van der Waals surface area contributed by atoms with Gasteiger partial charge in [0.25, 0.3) is 5.56 Å². The maximum Gasteiger partial charge on any atom is 0.332 e. The van der Waals surface area contributed by atoms with Crippen molar-refractivity contribution in [1.82, 2.24) is 9.13 Å². The summed E-state index contributed by atoms with van der Waals surface area (Å²) in [5.41, 5.74) is 10.2. The fraction of sp³-hybridized carbons (Fsp3) is 0.600. The Labute approximate surface area is 93.5 Å². The normalized spacial score (nSPS) is 12.7. The molecule has 1 aromatic rings. The van der Waals surface area contributed by atoms with Crippen LogP contribution in [0, 0.1) is 5.92 Å². The molecule has 0 spiro atoms. The molecule has 0 aliphatic heterocycles. The monoisotopic (exact) mass is 226 g/mol. The summed E-state index contributed by atoms with van der Waals surface area (Å²) in [6.07, 6.45) is 0.925. The van der Waals surface area contributed by atoms with E-state index in [1.165, 1.54) is 11.6 Å². The molecule has 0 saturated carbocycles. The van der Waals surface area contributed by atoms with E-state index < -0.39 is 11.2 Å². The highest BCUT2D eigenvalue weighted by Gasteiger charge is 2.13. The minimum absolute atomic E-state index is 0.0633. The van der Waals surface area contributed by atoms with Crippen LogP contribution in [-0.4, -0.2) is 9.13 Å². The van der Waals surface area contributed by atoms with Crippen LogP contribution < -0.4 is 22.7 Å². The zero-order valence-electron chi connectivity index (χ0n) is 9.86. The van der Waals surface area contributed by atoms with E-state index in [9.17, 15) is 9.59 Å². The van der Waals surface area contributed by atoms with Crippen LogP contribution in [0.25, 0.3) is 0 Å². The quantitative estimate of drug-likeness (QED) is 0.743. The molecule has 0 amide bonds. The first kappa shape index (κ1) is 12.4. The Balaban J connectivity index is 3.41. The average Bonchev–Trinajstić information content (AvgIpc) is 2.29. The number of nitrogen functional groups attached to an aromatic ring is 2. The van der Waals surface area contributed by atoms with Crippen molar-refractivity contribution in [2.45, 2.75) is 26.8 Å². The summed E-state index contributed by atoms with van der Waals surface area (Å²) in [4.78, 5) is 23.3. The number of hydrogen-bond donors (Lipinski definition) is 2. The Morgan fingerprint density at radius 2 is 1.88 bits per heavy atom. The summed E-state index contributed by atoms with van der Waals surface area (Å²) in [5.74, 6) is 0.366. The largest absolute Gasteiger partial charge is 0.391 e. The Bertz CT molecular complexity index is 501. The molecule has 0 bridgehead atoms. The number of nitrogens with two attached hydrogens (primary N) is 2. The molecule has 0 fully saturated rings. The molecule has 0 radical (unpaired) electrons. The van der Waals surface area contributed by atoms with Gasteiger partial charge in [-0.05, 0) is 5.92 Å². The lowest BCUT2D eigenvalue weighted by Gasteiger charge is -2.15. The van der Waals surface area contributed by atoms with Crippen molar-refractivity contribution in [3.05, 3.63) is 20.8 Å². The molecule has 0 saturated heterocycles. The third-order valence-electron chi connectivity index (χ3n) is 2.81. The summed E-state index contributed by atoms with van der Waals surface area (Å²) in [5, 5.41) is 0. The molecule has 6 nitrogen and oxygen atoms in total. The zero-order chi connectivity index (χ0) is 12.5. The predicted molar refractivity (Wildman–Crippen MR) is 64.2 cm³/mol. The van der Waals surface area contributed by atoms with Gasteiger partial charge in [-0.2, -0.15) is 0 Å². The maximum atomic E-state index is 11.8. The van der Waals surface area contributed by atoms with E-state index in [2.05, 4.69) is 0 Å². The smallest absolute Gasteiger partial charge is 0.332 e. The molecule has 1 unspecified atom stereocenters. The molecule has 6 heteroatoms. The van der Waals surface area contributed by atoms with Crippen LogP contribution in [0.1, 0.15) is 20.3 Å². The van der Waals surface area contributed by atoms with Crippen molar-refractivity contribution in [3.8, 4) is 0 Å². The fourth-order valence-electron chi connectivity index (χ4n) is 1.42. The topological polar surface area (TPSA) is 96.0 Å². The Kier molecular flexibility index (Phi) is 3.41. The van der Waals surface area contributed by atoms with Crippen molar-refractivity contribution in [2.75, 3.05) is 11.5 Å². The van der Waals surface area contributed by atoms with Gasteiger partial charge >= 0.3 is 5.69 Å². The van der Waals surface area contributed by atoms with Crippen molar-refractivity contribution in [2.24, 2.45) is 13.0 Å². The molecule has 0 aliphatic rings. The number of rotatable bonds is 3. The third-order valence-corrected chi connectivity index (χ3v) is 2.81. The highest BCUT2D eigenvalue weighted by molar-refractivity contribution is 5.56. The van der Waals surface area contributed by atoms with Gasteiger partial charge in [0.15, 0.2) is 0 Å². The van der Waals surface area contributed by atoms with Gasteiger partial charge in [0.2, 0.25) is 0 Å². The van der Waals surface area contributed by atoms with E-state index in [1.54, 1.807) is 0 Å². The second-order valence-electron chi connectivity index (χ2n) is 4.07. The van der Waals surface area contributed by atoms with Gasteiger partial charge < -0.3 is 11.5 Å². The molecule has 0 aromatic carbocycles. The predicted octanol–water partition coefficient (Wildman–Crippen LogP) is -0.242. The second kappa shape index (κ2) is 4.42. The van der Waals surface area contributed by atoms with Gasteiger partial charge in [-0.1, -0.05) is 20.3 Å². The van der Waals surface area contributed by atoms with E-state index in [-0.39, 0.29) is 11.5 Å². The van der Waals surface area contributed by atoms with Gasteiger partial charge in [-0.3, -0.25) is 13.9 Å². The Hall–Kier alpha value is -1.72. The van der Waals surface area contributed by atoms with E-state index in [1.807, 2.05) is 13.8 Å². The number of hydrogen-bond acceptors (Lipinski definition) is 4. The fourth-order valence-corrected chi connectivity index (χ4v) is 1.42. The summed E-state index contributed by atoms with van der Waals surface area (Å²) in [7, 11) is 1.40. The standard InChI is InChI=1S/C10H18N4O2/c1-4-6(2)5-14-8(12)7(11)9(15)13(3)10(14)16/h6H,4-5,11-12H2,1-3H3. The van der Waals surface area contributed by atoms with Crippen LogP contribution in [0.2, 0.25) is 0 Å². The van der Waals surface area contributed by atoms with Gasteiger partial charge in [-0.25, -0.2) is 4.79 Å². The molecule has 90 valence electrons. The maximum absolute atomic E-state index is 11.8. The number of anilines is 2. The minimum atomic E-state index is -0.539. The van der Waals surface area contributed by atoms with E-state index in [0.29, 0.717) is 12.5 Å². The van der Waals surface area contributed by atoms with Crippen molar-refractivity contribution >= 4 is 11.5 Å². The molecule has 1 aromatic heterocycles. The first-order valence-electron chi connectivity index (χ1n) is 5.24. The van der Waals surface area contributed by atoms with Gasteiger partial charge in [0, 0.05) is 13.6 Å². The average molecular weight is 226 g/mol. The minimum Gasteiger partial charge on any atom is -0.391 e. The van der Waals surface area contributed by atoms with Gasteiger partial charge in [-0.15, -0.1) is 0 Å². The molecular weight excluding hydrogens is 208 g/mol. The Morgan fingerprint density at radius 3 is 2.38 bits per heavy atom. The number of nitrogens with zero attached hydrogens (tertiary/aromatic N) is 2. The summed E-state index contributed by atoms with van der Waals surface area (Å²) in [6, 6.07) is 0. The van der Waals surface area contributed by atoms with Crippen LogP contribution in [0.5, 0.6) is 0 Å². The van der Waals surface area contributed by atoms with Crippen molar-refractivity contribution in [1.29, 1.82) is 0 Å². The lowest BCUT2D eigenvalue weighted by Crippen LogP contribution is -2.41. The summed E-state index contributed by atoms with van der Waals surface area (Å²) >= 11 is 0. The van der Waals surface area contributed by atoms with Crippen LogP contribution in [0.3, 0.4) is 0 Å². The summed E-state index contributed by atoms with van der Waals surface area (Å²) < 4.78 is 2.33. The lowest BCUT2D eigenvalue weighted by atomic mass is 10.1. The molecule has 1 heterocycles. The molecule has 1 atom stereocenters. The molecular formula is C10H18N4O2. The zero-order valence-corrected chi connectivity index (χ0v) is 9.86. The highest BCUT2D eigenvalue weighted by Crippen LogP contribution is 2.10. The Morgan fingerprint density at radius 1 is 1.31 bits per heavy atom. The van der Waals surface area contributed by atoms with E-state index in [0.717, 1.165) is 11.0 Å². The highest BCUT2D eigenvalue weighted by atomic mass is 16.2. The molecule has 16 heavy (non-hydrogen) atoms. The van der Waals surface area contributed by atoms with Gasteiger partial charge in [0.1, 0.15) is 11.5 Å². The second-order valence-corrected chi connectivity index (χ2v) is 4.07.